The number of nitrogens with zero attached hydrogens (tertiary/aromatic N) is 3. The van der Waals surface area contributed by atoms with E-state index in [1.54, 1.807) is 0 Å². The van der Waals surface area contributed by atoms with Gasteiger partial charge in [0.05, 0.1) is 21.6 Å². The van der Waals surface area contributed by atoms with Crippen LogP contribution in [0.25, 0.3) is 11.1 Å². The molecule has 30 heavy (non-hydrogen) atoms. The Labute approximate surface area is 173 Å². The molecule has 0 saturated carbocycles. The molecule has 0 saturated heterocycles. The Morgan fingerprint density at radius 1 is 0.900 bits per heavy atom. The first-order valence-electron chi connectivity index (χ1n) is 9.41. The van der Waals surface area contributed by atoms with Crippen molar-refractivity contribution in [3.63, 3.8) is 0 Å². The number of hydrogen-bond donors (Lipinski definition) is 1. The minimum atomic E-state index is -0.670. The molecule has 0 fully saturated rings. The van der Waals surface area contributed by atoms with Crippen LogP contribution in [0.2, 0.25) is 0 Å². The second-order valence-corrected chi connectivity index (χ2v) is 6.58. The zero-order chi connectivity index (χ0) is 21.5. The number of nitro groups is 2. The lowest BCUT2D eigenvalue weighted by molar-refractivity contribution is -0.393. The van der Waals surface area contributed by atoms with Gasteiger partial charge in [-0.2, -0.15) is 5.10 Å². The molecule has 0 aromatic heterocycles. The number of anilines is 1. The van der Waals surface area contributed by atoms with Crippen molar-refractivity contribution in [2.75, 3.05) is 5.43 Å². The Balaban J connectivity index is 1.88. The maximum absolute atomic E-state index is 11.3. The minimum absolute atomic E-state index is 0.0973. The van der Waals surface area contributed by atoms with Crippen LogP contribution >= 0.6 is 0 Å². The predicted molar refractivity (Wildman–Crippen MR) is 117 cm³/mol. The van der Waals surface area contributed by atoms with Crippen molar-refractivity contribution in [2.24, 2.45) is 5.10 Å². The van der Waals surface area contributed by atoms with Crippen LogP contribution in [-0.2, 0) is 0 Å². The van der Waals surface area contributed by atoms with Crippen LogP contribution in [0.3, 0.4) is 0 Å². The van der Waals surface area contributed by atoms with Crippen LogP contribution in [0, 0.1) is 20.2 Å². The normalized spacial score (nSPS) is 11.2. The number of benzene rings is 3. The molecule has 0 spiro atoms. The summed E-state index contributed by atoms with van der Waals surface area (Å²) in [6, 6.07) is 21.3. The van der Waals surface area contributed by atoms with E-state index in [0.717, 1.165) is 34.9 Å². The molecule has 0 bridgehead atoms. The second kappa shape index (κ2) is 9.42. The second-order valence-electron chi connectivity index (χ2n) is 6.58. The third-order valence-corrected chi connectivity index (χ3v) is 4.51. The average molecular weight is 404 g/mol. The molecule has 8 heteroatoms. The van der Waals surface area contributed by atoms with Crippen LogP contribution in [-0.4, -0.2) is 15.6 Å². The van der Waals surface area contributed by atoms with E-state index in [1.165, 1.54) is 12.1 Å². The van der Waals surface area contributed by atoms with Crippen LogP contribution in [0.15, 0.2) is 77.9 Å². The number of rotatable bonds is 8. The molecule has 0 atom stereocenters. The largest absolute Gasteiger partial charge is 0.301 e. The monoisotopic (exact) mass is 404 g/mol. The summed E-state index contributed by atoms with van der Waals surface area (Å²) in [6.45, 7) is 2.02. The van der Waals surface area contributed by atoms with Gasteiger partial charge in [0.1, 0.15) is 5.69 Å². The Bertz CT molecular complexity index is 1080. The Kier molecular flexibility index (Phi) is 6.49. The molecule has 0 aliphatic carbocycles. The van der Waals surface area contributed by atoms with Gasteiger partial charge in [0.15, 0.2) is 0 Å². The topological polar surface area (TPSA) is 111 Å². The highest BCUT2D eigenvalue weighted by molar-refractivity contribution is 6.01. The minimum Gasteiger partial charge on any atom is -0.271 e. The molecule has 3 rings (SSSR count). The van der Waals surface area contributed by atoms with Crippen molar-refractivity contribution in [3.05, 3.63) is 98.6 Å². The third-order valence-electron chi connectivity index (χ3n) is 4.51. The van der Waals surface area contributed by atoms with E-state index in [4.69, 9.17) is 0 Å². The average Bonchev–Trinajstić information content (AvgIpc) is 2.77. The molecular formula is C22H20N4O4. The Hall–Kier alpha value is -4.07. The lowest BCUT2D eigenvalue weighted by Crippen LogP contribution is -2.05. The van der Waals surface area contributed by atoms with Gasteiger partial charge in [-0.3, -0.25) is 25.7 Å². The molecule has 3 aromatic rings. The third kappa shape index (κ3) is 4.85. The number of hydrogen-bond acceptors (Lipinski definition) is 6. The molecule has 0 amide bonds. The van der Waals surface area contributed by atoms with Crippen molar-refractivity contribution in [3.8, 4) is 11.1 Å². The van der Waals surface area contributed by atoms with Gasteiger partial charge in [0, 0.05) is 6.07 Å². The van der Waals surface area contributed by atoms with Gasteiger partial charge in [-0.05, 0) is 29.2 Å². The lowest BCUT2D eigenvalue weighted by Gasteiger charge is -2.09. The zero-order valence-corrected chi connectivity index (χ0v) is 16.3. The predicted octanol–water partition coefficient (Wildman–Crippen LogP) is 5.79. The summed E-state index contributed by atoms with van der Waals surface area (Å²) in [5.41, 5.74) is 5.89. The zero-order valence-electron chi connectivity index (χ0n) is 16.3. The van der Waals surface area contributed by atoms with Crippen LogP contribution < -0.4 is 5.43 Å². The summed E-state index contributed by atoms with van der Waals surface area (Å²) < 4.78 is 0. The number of non-ortho nitro benzene ring substituents is 1. The Morgan fingerprint density at radius 3 is 2.17 bits per heavy atom. The van der Waals surface area contributed by atoms with E-state index in [1.807, 2.05) is 61.5 Å². The van der Waals surface area contributed by atoms with Gasteiger partial charge in [0.2, 0.25) is 0 Å². The maximum atomic E-state index is 11.3. The molecule has 0 aliphatic rings. The highest BCUT2D eigenvalue weighted by Gasteiger charge is 2.19. The van der Waals surface area contributed by atoms with Gasteiger partial charge < -0.3 is 0 Å². The molecule has 0 aliphatic heterocycles. The van der Waals surface area contributed by atoms with Crippen molar-refractivity contribution in [1.29, 1.82) is 0 Å². The number of nitro benzene ring substituents is 2. The van der Waals surface area contributed by atoms with Crippen molar-refractivity contribution in [1.82, 2.24) is 0 Å². The number of nitrogens with one attached hydrogen (secondary N) is 1. The van der Waals surface area contributed by atoms with E-state index >= 15 is 0 Å². The first-order chi connectivity index (χ1) is 14.5. The number of hydrazone groups is 1. The van der Waals surface area contributed by atoms with E-state index in [0.29, 0.717) is 6.42 Å². The van der Waals surface area contributed by atoms with Gasteiger partial charge >= 0.3 is 5.69 Å². The fraction of sp³-hybridized carbons (Fsp3) is 0.136. The standard InChI is InChI=1S/C22H20N4O4/c1-2-6-20(18-11-9-17(10-12-18)16-7-4-3-5-8-16)23-24-21-14-13-19(25(27)28)15-22(21)26(29)30/h3-5,7-15,24H,2,6H2,1H3. The quantitative estimate of drug-likeness (QED) is 0.290. The van der Waals surface area contributed by atoms with Crippen molar-refractivity contribution >= 4 is 22.8 Å². The van der Waals surface area contributed by atoms with Gasteiger partial charge in [0.25, 0.3) is 5.69 Å². The summed E-state index contributed by atoms with van der Waals surface area (Å²) in [7, 11) is 0. The summed E-state index contributed by atoms with van der Waals surface area (Å²) in [5, 5.41) is 26.6. The van der Waals surface area contributed by atoms with Crippen LogP contribution in [0.1, 0.15) is 25.3 Å². The van der Waals surface area contributed by atoms with Gasteiger partial charge in [-0.15, -0.1) is 0 Å². The lowest BCUT2D eigenvalue weighted by atomic mass is 10.0. The highest BCUT2D eigenvalue weighted by atomic mass is 16.6. The van der Waals surface area contributed by atoms with E-state index in [9.17, 15) is 20.2 Å². The van der Waals surface area contributed by atoms with E-state index in [2.05, 4.69) is 10.5 Å². The summed E-state index contributed by atoms with van der Waals surface area (Å²) in [6.07, 6.45) is 1.50. The van der Waals surface area contributed by atoms with E-state index < -0.39 is 15.5 Å². The van der Waals surface area contributed by atoms with Crippen LogP contribution in [0.4, 0.5) is 17.1 Å². The SMILES string of the molecule is CCCC(=NNc1ccc([N+](=O)[O-])cc1[N+](=O)[O-])c1ccc(-c2ccccc2)cc1. The molecule has 0 heterocycles. The summed E-state index contributed by atoms with van der Waals surface area (Å²) in [4.78, 5) is 20.9. The molecule has 3 aromatic carbocycles. The molecule has 0 radical (unpaired) electrons. The van der Waals surface area contributed by atoms with E-state index in [-0.39, 0.29) is 11.4 Å². The smallest absolute Gasteiger partial charge is 0.271 e. The fourth-order valence-electron chi connectivity index (χ4n) is 2.99. The highest BCUT2D eigenvalue weighted by Crippen LogP contribution is 2.29. The maximum Gasteiger partial charge on any atom is 0.301 e. The van der Waals surface area contributed by atoms with Gasteiger partial charge in [-0.1, -0.05) is 67.9 Å². The summed E-state index contributed by atoms with van der Waals surface area (Å²) >= 11 is 0. The van der Waals surface area contributed by atoms with Crippen LogP contribution in [0.5, 0.6) is 0 Å². The van der Waals surface area contributed by atoms with Crippen molar-refractivity contribution < 1.29 is 9.85 Å². The Morgan fingerprint density at radius 2 is 1.57 bits per heavy atom. The molecule has 8 nitrogen and oxygen atoms in total. The fourth-order valence-corrected chi connectivity index (χ4v) is 2.99. The molecule has 152 valence electrons. The molecule has 0 unspecified atom stereocenters. The first kappa shape index (κ1) is 20.7. The summed E-state index contributed by atoms with van der Waals surface area (Å²) in [5.74, 6) is 0. The van der Waals surface area contributed by atoms with Gasteiger partial charge in [-0.25, -0.2) is 0 Å². The molecule has 1 N–H and O–H groups in total. The molecular weight excluding hydrogens is 384 g/mol. The van der Waals surface area contributed by atoms with Crippen molar-refractivity contribution in [2.45, 2.75) is 19.8 Å². The first-order valence-corrected chi connectivity index (χ1v) is 9.41.